The molecule has 0 fully saturated rings. The lowest BCUT2D eigenvalue weighted by Crippen LogP contribution is -2.07. The summed E-state index contributed by atoms with van der Waals surface area (Å²) in [5.41, 5.74) is 3.61. The van der Waals surface area contributed by atoms with Gasteiger partial charge in [-0.05, 0) is 48.2 Å². The molecule has 3 aromatic carbocycles. The fourth-order valence-corrected chi connectivity index (χ4v) is 4.80. The molecule has 0 atom stereocenters. The Labute approximate surface area is 166 Å². The number of rotatable bonds is 7. The molecule has 0 aliphatic heterocycles. The second kappa shape index (κ2) is 8.83. The van der Waals surface area contributed by atoms with Gasteiger partial charge in [-0.3, -0.25) is 0 Å². The van der Waals surface area contributed by atoms with E-state index < -0.39 is 7.60 Å². The molecule has 4 heteroatoms. The zero-order valence-electron chi connectivity index (χ0n) is 16.1. The molecule has 0 amide bonds. The zero-order chi connectivity index (χ0) is 20.0. The van der Waals surface area contributed by atoms with Crippen molar-refractivity contribution in [1.29, 1.82) is 0 Å². The van der Waals surface area contributed by atoms with E-state index in [0.717, 1.165) is 22.3 Å². The SMILES string of the molecule is C#CCc1ccccc1CP(=O)(Oc1ccccc1C)Oc1ccccc1C. The molecule has 0 saturated carbocycles. The van der Waals surface area contributed by atoms with Gasteiger partial charge in [-0.25, -0.2) is 4.57 Å². The molecule has 0 heterocycles. The Kier molecular flexibility index (Phi) is 6.24. The molecule has 0 aliphatic rings. The molecule has 28 heavy (non-hydrogen) atoms. The minimum absolute atomic E-state index is 0.132. The first kappa shape index (κ1) is 19.8. The van der Waals surface area contributed by atoms with Crippen molar-refractivity contribution in [3.63, 3.8) is 0 Å². The summed E-state index contributed by atoms with van der Waals surface area (Å²) in [6, 6.07) is 22.7. The van der Waals surface area contributed by atoms with Crippen molar-refractivity contribution in [1.82, 2.24) is 0 Å². The van der Waals surface area contributed by atoms with Gasteiger partial charge in [-0.1, -0.05) is 60.7 Å². The molecule has 0 N–H and O–H groups in total. The fourth-order valence-electron chi connectivity index (χ4n) is 2.90. The molecule has 0 spiro atoms. The van der Waals surface area contributed by atoms with E-state index in [1.807, 2.05) is 74.5 Å². The van der Waals surface area contributed by atoms with E-state index in [1.54, 1.807) is 12.1 Å². The zero-order valence-corrected chi connectivity index (χ0v) is 17.0. The van der Waals surface area contributed by atoms with Gasteiger partial charge in [-0.2, -0.15) is 0 Å². The Bertz CT molecular complexity index is 998. The van der Waals surface area contributed by atoms with Crippen LogP contribution in [0.5, 0.6) is 11.5 Å². The topological polar surface area (TPSA) is 35.5 Å². The van der Waals surface area contributed by atoms with E-state index in [1.165, 1.54) is 0 Å². The van der Waals surface area contributed by atoms with Crippen LogP contribution in [0.3, 0.4) is 0 Å². The van der Waals surface area contributed by atoms with Crippen LogP contribution < -0.4 is 9.05 Å². The van der Waals surface area contributed by atoms with Crippen LogP contribution in [0.4, 0.5) is 0 Å². The summed E-state index contributed by atoms with van der Waals surface area (Å²) < 4.78 is 25.9. The molecular formula is C24H23O3P. The third-order valence-corrected chi connectivity index (χ3v) is 6.11. The Morgan fingerprint density at radius 2 is 1.25 bits per heavy atom. The van der Waals surface area contributed by atoms with Crippen LogP contribution in [0.25, 0.3) is 0 Å². The molecule has 0 saturated heterocycles. The van der Waals surface area contributed by atoms with Crippen molar-refractivity contribution in [2.24, 2.45) is 0 Å². The number of hydrogen-bond acceptors (Lipinski definition) is 3. The van der Waals surface area contributed by atoms with Crippen LogP contribution in [0, 0.1) is 26.2 Å². The highest BCUT2D eigenvalue weighted by Gasteiger charge is 2.31. The number of terminal acetylenes is 1. The van der Waals surface area contributed by atoms with Gasteiger partial charge in [0.2, 0.25) is 0 Å². The van der Waals surface area contributed by atoms with Crippen LogP contribution in [0.2, 0.25) is 0 Å². The maximum Gasteiger partial charge on any atom is 0.435 e. The lowest BCUT2D eigenvalue weighted by Gasteiger charge is -2.23. The van der Waals surface area contributed by atoms with Gasteiger partial charge in [-0.15, -0.1) is 12.3 Å². The van der Waals surface area contributed by atoms with E-state index in [0.29, 0.717) is 17.9 Å². The summed E-state index contributed by atoms with van der Waals surface area (Å²) in [6.07, 6.45) is 6.09. The maximum atomic E-state index is 13.9. The van der Waals surface area contributed by atoms with E-state index in [9.17, 15) is 4.57 Å². The molecular weight excluding hydrogens is 367 g/mol. The fraction of sp³-hybridized carbons (Fsp3) is 0.167. The normalized spacial score (nSPS) is 10.9. The Morgan fingerprint density at radius 1 is 0.786 bits per heavy atom. The van der Waals surface area contributed by atoms with Crippen LogP contribution in [-0.2, 0) is 17.1 Å². The van der Waals surface area contributed by atoms with Crippen LogP contribution >= 0.6 is 7.60 Å². The molecule has 0 unspecified atom stereocenters. The summed E-state index contributed by atoms with van der Waals surface area (Å²) in [6.45, 7) is 3.83. The average molecular weight is 390 g/mol. The minimum Gasteiger partial charge on any atom is -0.416 e. The van der Waals surface area contributed by atoms with E-state index in [2.05, 4.69) is 5.92 Å². The van der Waals surface area contributed by atoms with Gasteiger partial charge < -0.3 is 9.05 Å². The van der Waals surface area contributed by atoms with Crippen molar-refractivity contribution in [3.05, 3.63) is 95.1 Å². The average Bonchev–Trinajstić information content (AvgIpc) is 2.67. The van der Waals surface area contributed by atoms with Crippen LogP contribution in [0.1, 0.15) is 22.3 Å². The smallest absolute Gasteiger partial charge is 0.416 e. The number of aryl methyl sites for hydroxylation is 2. The van der Waals surface area contributed by atoms with Crippen molar-refractivity contribution in [3.8, 4) is 23.8 Å². The minimum atomic E-state index is -3.56. The maximum absolute atomic E-state index is 13.9. The molecule has 142 valence electrons. The monoisotopic (exact) mass is 390 g/mol. The van der Waals surface area contributed by atoms with Crippen LogP contribution in [0.15, 0.2) is 72.8 Å². The Balaban J connectivity index is 1.99. The van der Waals surface area contributed by atoms with Crippen LogP contribution in [-0.4, -0.2) is 0 Å². The number of benzene rings is 3. The van der Waals surface area contributed by atoms with Gasteiger partial charge in [0.1, 0.15) is 11.5 Å². The lowest BCUT2D eigenvalue weighted by molar-refractivity contribution is 0.382. The highest BCUT2D eigenvalue weighted by atomic mass is 31.2. The van der Waals surface area contributed by atoms with E-state index in [4.69, 9.17) is 15.5 Å². The molecule has 3 rings (SSSR count). The van der Waals surface area contributed by atoms with E-state index in [-0.39, 0.29) is 6.16 Å². The highest BCUT2D eigenvalue weighted by Crippen LogP contribution is 2.52. The summed E-state index contributed by atoms with van der Waals surface area (Å²) in [5, 5.41) is 0. The number of para-hydroxylation sites is 2. The second-order valence-electron chi connectivity index (χ2n) is 6.63. The van der Waals surface area contributed by atoms with Gasteiger partial charge in [0.15, 0.2) is 0 Å². The summed E-state index contributed by atoms with van der Waals surface area (Å²) in [7, 11) is -3.56. The third-order valence-electron chi connectivity index (χ3n) is 4.44. The van der Waals surface area contributed by atoms with Crippen molar-refractivity contribution in [2.45, 2.75) is 26.4 Å². The first-order valence-corrected chi connectivity index (χ1v) is 10.8. The van der Waals surface area contributed by atoms with Gasteiger partial charge in [0.05, 0.1) is 6.16 Å². The predicted molar refractivity (Wildman–Crippen MR) is 114 cm³/mol. The predicted octanol–water partition coefficient (Wildman–Crippen LogP) is 6.33. The summed E-state index contributed by atoms with van der Waals surface area (Å²) in [4.78, 5) is 0. The first-order valence-electron chi connectivity index (χ1n) is 9.10. The molecule has 0 bridgehead atoms. The second-order valence-corrected chi connectivity index (χ2v) is 8.54. The van der Waals surface area contributed by atoms with Gasteiger partial charge >= 0.3 is 7.60 Å². The Hall–Kier alpha value is -2.95. The van der Waals surface area contributed by atoms with Crippen molar-refractivity contribution < 1.29 is 13.6 Å². The summed E-state index contributed by atoms with van der Waals surface area (Å²) in [5.74, 6) is 3.76. The van der Waals surface area contributed by atoms with Gasteiger partial charge in [0.25, 0.3) is 0 Å². The number of hydrogen-bond donors (Lipinski definition) is 0. The Morgan fingerprint density at radius 3 is 1.75 bits per heavy atom. The third kappa shape index (κ3) is 4.85. The molecule has 0 aromatic heterocycles. The van der Waals surface area contributed by atoms with Crippen molar-refractivity contribution in [2.75, 3.05) is 0 Å². The molecule has 3 aromatic rings. The lowest BCUT2D eigenvalue weighted by atomic mass is 10.1. The molecule has 3 nitrogen and oxygen atoms in total. The molecule has 0 aliphatic carbocycles. The van der Waals surface area contributed by atoms with Crippen molar-refractivity contribution >= 4 is 7.60 Å². The first-order chi connectivity index (χ1) is 13.5. The largest absolute Gasteiger partial charge is 0.435 e. The quantitative estimate of drug-likeness (QED) is 0.349. The standard InChI is InChI=1S/C24H23O3P/c1-4-11-21-14-7-8-15-22(21)18-28(25,26-23-16-9-5-12-19(23)2)27-24-17-10-6-13-20(24)3/h1,5-10,12-17H,11,18H2,2-3H3. The van der Waals surface area contributed by atoms with Gasteiger partial charge in [0, 0.05) is 6.42 Å². The summed E-state index contributed by atoms with van der Waals surface area (Å²) >= 11 is 0. The van der Waals surface area contributed by atoms with E-state index >= 15 is 0 Å². The molecule has 0 radical (unpaired) electrons. The highest BCUT2D eigenvalue weighted by molar-refractivity contribution is 7.53.